The van der Waals surface area contributed by atoms with Crippen LogP contribution in [-0.2, 0) is 14.8 Å². The molecule has 0 spiro atoms. The van der Waals surface area contributed by atoms with Crippen molar-refractivity contribution in [3.05, 3.63) is 29.3 Å². The van der Waals surface area contributed by atoms with Crippen molar-refractivity contribution >= 4 is 33.4 Å². The number of halogens is 1. The lowest BCUT2D eigenvalue weighted by molar-refractivity contribution is 0.0309. The number of nitrogens with zero attached hydrogens (tertiary/aromatic N) is 2. The van der Waals surface area contributed by atoms with E-state index in [9.17, 15) is 8.42 Å². The van der Waals surface area contributed by atoms with Crippen molar-refractivity contribution in [2.24, 2.45) is 0 Å². The van der Waals surface area contributed by atoms with Crippen molar-refractivity contribution in [1.82, 2.24) is 9.21 Å². The minimum atomic E-state index is -3.50. The van der Waals surface area contributed by atoms with Gasteiger partial charge in [-0.3, -0.25) is 4.90 Å². The van der Waals surface area contributed by atoms with Gasteiger partial charge in [0.1, 0.15) is 0 Å². The van der Waals surface area contributed by atoms with Crippen molar-refractivity contribution in [3.63, 3.8) is 0 Å². The van der Waals surface area contributed by atoms with Gasteiger partial charge in [-0.2, -0.15) is 16.1 Å². The maximum Gasteiger partial charge on any atom is 0.243 e. The van der Waals surface area contributed by atoms with Crippen LogP contribution in [0.1, 0.15) is 6.42 Å². The van der Waals surface area contributed by atoms with Gasteiger partial charge in [0.05, 0.1) is 18.1 Å². The Kier molecular flexibility index (Phi) is 6.45. The second-order valence-corrected chi connectivity index (χ2v) is 9.54. The Balaban J connectivity index is 1.81. The normalized spacial score (nSPS) is 24.6. The molecule has 2 saturated heterocycles. The Morgan fingerprint density at radius 2 is 1.88 bits per heavy atom. The minimum absolute atomic E-state index is 0.00345. The largest absolute Gasteiger partial charge is 0.379 e. The molecule has 1 aromatic carbocycles. The molecule has 2 fully saturated rings. The molecule has 5 nitrogen and oxygen atoms in total. The lowest BCUT2D eigenvalue weighted by Crippen LogP contribution is -2.50. The monoisotopic (exact) mass is 390 g/mol. The van der Waals surface area contributed by atoms with Gasteiger partial charge in [0.15, 0.2) is 0 Å². The van der Waals surface area contributed by atoms with E-state index in [-0.39, 0.29) is 6.04 Å². The van der Waals surface area contributed by atoms with E-state index in [0.717, 1.165) is 50.8 Å². The quantitative estimate of drug-likeness (QED) is 0.788. The smallest absolute Gasteiger partial charge is 0.243 e. The van der Waals surface area contributed by atoms with Crippen LogP contribution in [0.3, 0.4) is 0 Å². The lowest BCUT2D eigenvalue weighted by atomic mass is 10.2. The fraction of sp³-hybridized carbons (Fsp3) is 0.625. The summed E-state index contributed by atoms with van der Waals surface area (Å²) in [5.74, 6) is 1.84. The van der Waals surface area contributed by atoms with E-state index < -0.39 is 10.0 Å². The van der Waals surface area contributed by atoms with E-state index in [4.69, 9.17) is 16.3 Å². The van der Waals surface area contributed by atoms with Gasteiger partial charge < -0.3 is 4.74 Å². The van der Waals surface area contributed by atoms with Crippen LogP contribution in [-0.4, -0.2) is 74.6 Å². The average Bonchev–Trinajstić information content (AvgIpc) is 2.82. The molecule has 134 valence electrons. The van der Waals surface area contributed by atoms with Crippen LogP contribution in [0.25, 0.3) is 0 Å². The topological polar surface area (TPSA) is 49.9 Å². The highest BCUT2D eigenvalue weighted by Gasteiger charge is 2.33. The van der Waals surface area contributed by atoms with E-state index in [1.165, 1.54) is 0 Å². The minimum Gasteiger partial charge on any atom is -0.379 e. The molecule has 3 rings (SSSR count). The van der Waals surface area contributed by atoms with Crippen molar-refractivity contribution in [2.45, 2.75) is 17.4 Å². The number of sulfonamides is 1. The lowest BCUT2D eigenvalue weighted by Gasteiger charge is -2.35. The molecule has 1 atom stereocenters. The molecule has 2 heterocycles. The SMILES string of the molecule is O=S(=O)(c1ccc(Cl)cc1)N1CCCSC[C@H]1CN1CCOCC1. The summed E-state index contributed by atoms with van der Waals surface area (Å²) in [6, 6.07) is 6.47. The third-order valence-corrected chi connectivity index (χ3v) is 7.79. The van der Waals surface area contributed by atoms with Crippen molar-refractivity contribution in [2.75, 3.05) is 50.9 Å². The van der Waals surface area contributed by atoms with E-state index >= 15 is 0 Å². The highest BCUT2D eigenvalue weighted by atomic mass is 35.5. The van der Waals surface area contributed by atoms with Crippen molar-refractivity contribution in [3.8, 4) is 0 Å². The third kappa shape index (κ3) is 4.45. The molecule has 0 aromatic heterocycles. The predicted octanol–water partition coefficient (Wildman–Crippen LogP) is 2.17. The van der Waals surface area contributed by atoms with E-state index in [2.05, 4.69) is 4.90 Å². The van der Waals surface area contributed by atoms with Crippen LogP contribution in [0.2, 0.25) is 5.02 Å². The van der Waals surface area contributed by atoms with Crippen LogP contribution in [0.15, 0.2) is 29.2 Å². The Morgan fingerprint density at radius 3 is 2.58 bits per heavy atom. The highest BCUT2D eigenvalue weighted by Crippen LogP contribution is 2.26. The van der Waals surface area contributed by atoms with Crippen LogP contribution in [0.4, 0.5) is 0 Å². The Morgan fingerprint density at radius 1 is 1.17 bits per heavy atom. The van der Waals surface area contributed by atoms with Gasteiger partial charge in [-0.25, -0.2) is 8.42 Å². The highest BCUT2D eigenvalue weighted by molar-refractivity contribution is 7.99. The second-order valence-electron chi connectivity index (χ2n) is 6.06. The Bertz CT molecular complexity index is 633. The molecule has 0 saturated carbocycles. The van der Waals surface area contributed by atoms with Gasteiger partial charge >= 0.3 is 0 Å². The van der Waals surface area contributed by atoms with Gasteiger partial charge in [-0.15, -0.1) is 0 Å². The van der Waals surface area contributed by atoms with Gasteiger partial charge in [0.25, 0.3) is 0 Å². The summed E-state index contributed by atoms with van der Waals surface area (Å²) in [6.07, 6.45) is 0.886. The van der Waals surface area contributed by atoms with Crippen LogP contribution in [0, 0.1) is 0 Å². The summed E-state index contributed by atoms with van der Waals surface area (Å²) in [7, 11) is -3.50. The van der Waals surface area contributed by atoms with E-state index in [0.29, 0.717) is 16.5 Å². The number of hydrogen-bond donors (Lipinski definition) is 0. The maximum atomic E-state index is 13.1. The number of rotatable bonds is 4. The summed E-state index contributed by atoms with van der Waals surface area (Å²) in [4.78, 5) is 2.63. The zero-order valence-electron chi connectivity index (χ0n) is 13.6. The van der Waals surface area contributed by atoms with Crippen LogP contribution in [0.5, 0.6) is 0 Å². The van der Waals surface area contributed by atoms with Crippen molar-refractivity contribution < 1.29 is 13.2 Å². The Hall–Kier alpha value is -0.310. The van der Waals surface area contributed by atoms with E-state index in [1.54, 1.807) is 28.6 Å². The molecule has 0 amide bonds. The molecule has 0 bridgehead atoms. The summed E-state index contributed by atoms with van der Waals surface area (Å²) >= 11 is 7.75. The first-order valence-electron chi connectivity index (χ1n) is 8.22. The number of hydrogen-bond acceptors (Lipinski definition) is 5. The summed E-state index contributed by atoms with van der Waals surface area (Å²) in [6.45, 7) is 4.54. The molecule has 0 radical (unpaired) electrons. The van der Waals surface area contributed by atoms with Gasteiger partial charge in [-0.05, 0) is 36.4 Å². The maximum absolute atomic E-state index is 13.1. The molecular formula is C16H23ClN2O3S2. The summed E-state index contributed by atoms with van der Waals surface area (Å²) < 4.78 is 33.4. The fourth-order valence-electron chi connectivity index (χ4n) is 3.09. The fourth-order valence-corrected chi connectivity index (χ4v) is 6.02. The first-order chi connectivity index (χ1) is 11.6. The van der Waals surface area contributed by atoms with Gasteiger partial charge in [0.2, 0.25) is 10.0 Å². The third-order valence-electron chi connectivity index (χ3n) is 4.38. The first-order valence-corrected chi connectivity index (χ1v) is 11.2. The van der Waals surface area contributed by atoms with Gasteiger partial charge in [-0.1, -0.05) is 11.6 Å². The predicted molar refractivity (Wildman–Crippen MR) is 98.3 cm³/mol. The summed E-state index contributed by atoms with van der Waals surface area (Å²) in [5.41, 5.74) is 0. The molecule has 2 aliphatic heterocycles. The molecule has 1 aromatic rings. The zero-order chi connectivity index (χ0) is 17.0. The average molecular weight is 391 g/mol. The van der Waals surface area contributed by atoms with Crippen molar-refractivity contribution in [1.29, 1.82) is 0 Å². The molecule has 0 unspecified atom stereocenters. The number of thioether (sulfide) groups is 1. The second kappa shape index (κ2) is 8.38. The van der Waals surface area contributed by atoms with E-state index in [1.807, 2.05) is 11.8 Å². The standard InChI is InChI=1S/C16H23ClN2O3S2/c17-14-2-4-16(5-3-14)24(20,21)19-6-1-11-23-13-15(19)12-18-7-9-22-10-8-18/h2-5,15H,1,6-13H2/t15-/m1/s1. The van der Waals surface area contributed by atoms with Crippen LogP contribution >= 0.6 is 23.4 Å². The molecule has 24 heavy (non-hydrogen) atoms. The zero-order valence-corrected chi connectivity index (χ0v) is 16.0. The first kappa shape index (κ1) is 18.5. The molecule has 2 aliphatic rings. The number of benzene rings is 1. The van der Waals surface area contributed by atoms with Crippen LogP contribution < -0.4 is 0 Å². The number of ether oxygens (including phenoxy) is 1. The molecule has 0 N–H and O–H groups in total. The number of morpholine rings is 1. The van der Waals surface area contributed by atoms with Gasteiger partial charge in [0, 0.05) is 43.0 Å². The molecule has 8 heteroatoms. The Labute approximate surface area is 153 Å². The molecular weight excluding hydrogens is 368 g/mol. The molecule has 0 aliphatic carbocycles. The summed E-state index contributed by atoms with van der Waals surface area (Å²) in [5, 5.41) is 0.547.